The topological polar surface area (TPSA) is 41.1 Å². The fourth-order valence-corrected chi connectivity index (χ4v) is 2.94. The van der Waals surface area contributed by atoms with E-state index in [0.717, 1.165) is 31.6 Å². The lowest BCUT2D eigenvalue weighted by Crippen LogP contribution is -2.30. The van der Waals surface area contributed by atoms with Crippen LogP contribution in [0.1, 0.15) is 34.3 Å². The SMILES string of the molecule is O=C(NCC1CCNC1)c1ccc2c(c1)CCC2. The van der Waals surface area contributed by atoms with Gasteiger partial charge in [0.1, 0.15) is 0 Å². The fraction of sp³-hybridized carbons (Fsp3) is 0.533. The van der Waals surface area contributed by atoms with Crippen molar-refractivity contribution in [3.8, 4) is 0 Å². The molecule has 18 heavy (non-hydrogen) atoms. The summed E-state index contributed by atoms with van der Waals surface area (Å²) in [6.07, 6.45) is 4.70. The summed E-state index contributed by atoms with van der Waals surface area (Å²) in [5.74, 6) is 0.681. The average Bonchev–Trinajstić information content (AvgIpc) is 3.05. The van der Waals surface area contributed by atoms with Gasteiger partial charge in [-0.3, -0.25) is 4.79 Å². The van der Waals surface area contributed by atoms with E-state index >= 15 is 0 Å². The number of rotatable bonds is 3. The van der Waals surface area contributed by atoms with Crippen molar-refractivity contribution in [2.45, 2.75) is 25.7 Å². The molecule has 1 saturated heterocycles. The highest BCUT2D eigenvalue weighted by atomic mass is 16.1. The van der Waals surface area contributed by atoms with Crippen LogP contribution in [-0.2, 0) is 12.8 Å². The predicted molar refractivity (Wildman–Crippen MR) is 71.8 cm³/mol. The summed E-state index contributed by atoms with van der Waals surface area (Å²) in [4.78, 5) is 12.1. The van der Waals surface area contributed by atoms with Gasteiger partial charge in [0.25, 0.3) is 5.91 Å². The van der Waals surface area contributed by atoms with Crippen LogP contribution in [0.25, 0.3) is 0 Å². The molecule has 3 nitrogen and oxygen atoms in total. The minimum absolute atomic E-state index is 0.0802. The molecule has 0 bridgehead atoms. The van der Waals surface area contributed by atoms with Crippen LogP contribution in [0, 0.1) is 5.92 Å². The molecule has 1 aliphatic carbocycles. The first-order valence-corrected chi connectivity index (χ1v) is 6.93. The molecule has 1 aromatic carbocycles. The van der Waals surface area contributed by atoms with Crippen molar-refractivity contribution in [2.24, 2.45) is 5.92 Å². The quantitative estimate of drug-likeness (QED) is 0.846. The van der Waals surface area contributed by atoms with Crippen LogP contribution in [0.15, 0.2) is 18.2 Å². The number of fused-ring (bicyclic) bond motifs is 1. The van der Waals surface area contributed by atoms with E-state index in [1.807, 2.05) is 6.07 Å². The largest absolute Gasteiger partial charge is 0.352 e. The summed E-state index contributed by atoms with van der Waals surface area (Å²) in [5, 5.41) is 6.37. The maximum atomic E-state index is 12.1. The van der Waals surface area contributed by atoms with Crippen molar-refractivity contribution in [3.05, 3.63) is 34.9 Å². The van der Waals surface area contributed by atoms with Crippen molar-refractivity contribution in [2.75, 3.05) is 19.6 Å². The molecule has 2 N–H and O–H groups in total. The normalized spacial score (nSPS) is 21.9. The summed E-state index contributed by atoms with van der Waals surface area (Å²) >= 11 is 0. The van der Waals surface area contributed by atoms with Gasteiger partial charge >= 0.3 is 0 Å². The number of benzene rings is 1. The molecule has 0 aromatic heterocycles. The van der Waals surface area contributed by atoms with E-state index in [2.05, 4.69) is 22.8 Å². The number of nitrogens with one attached hydrogen (secondary N) is 2. The lowest BCUT2D eigenvalue weighted by molar-refractivity contribution is 0.0948. The minimum atomic E-state index is 0.0802. The van der Waals surface area contributed by atoms with E-state index in [1.54, 1.807) is 0 Å². The van der Waals surface area contributed by atoms with Gasteiger partial charge in [-0.2, -0.15) is 0 Å². The molecule has 1 aromatic rings. The van der Waals surface area contributed by atoms with E-state index in [9.17, 15) is 4.79 Å². The van der Waals surface area contributed by atoms with Gasteiger partial charge in [-0.05, 0) is 68.0 Å². The highest BCUT2D eigenvalue weighted by molar-refractivity contribution is 5.94. The first-order chi connectivity index (χ1) is 8.83. The van der Waals surface area contributed by atoms with Gasteiger partial charge < -0.3 is 10.6 Å². The molecule has 96 valence electrons. The molecule has 1 aliphatic heterocycles. The number of hydrogen-bond donors (Lipinski definition) is 2. The second kappa shape index (κ2) is 5.11. The van der Waals surface area contributed by atoms with Gasteiger partial charge in [0, 0.05) is 12.1 Å². The lowest BCUT2D eigenvalue weighted by Gasteiger charge is -2.10. The van der Waals surface area contributed by atoms with Gasteiger partial charge in [0.2, 0.25) is 0 Å². The molecule has 0 radical (unpaired) electrons. The molecule has 3 heteroatoms. The molecule has 1 atom stereocenters. The zero-order valence-electron chi connectivity index (χ0n) is 10.7. The van der Waals surface area contributed by atoms with Gasteiger partial charge in [0.05, 0.1) is 0 Å². The Morgan fingerprint density at radius 1 is 1.33 bits per heavy atom. The highest BCUT2D eigenvalue weighted by Crippen LogP contribution is 2.22. The summed E-state index contributed by atoms with van der Waals surface area (Å²) in [6.45, 7) is 2.91. The Bertz CT molecular complexity index is 450. The van der Waals surface area contributed by atoms with E-state index in [0.29, 0.717) is 5.92 Å². The zero-order chi connectivity index (χ0) is 12.4. The standard InChI is InChI=1S/C15H20N2O/c18-15(17-10-11-6-7-16-9-11)14-5-4-12-2-1-3-13(12)8-14/h4-5,8,11,16H,1-3,6-7,9-10H2,(H,17,18). The summed E-state index contributed by atoms with van der Waals surface area (Å²) in [5.41, 5.74) is 3.61. The van der Waals surface area contributed by atoms with Gasteiger partial charge in [-0.1, -0.05) is 6.07 Å². The summed E-state index contributed by atoms with van der Waals surface area (Å²) < 4.78 is 0. The van der Waals surface area contributed by atoms with Crippen LogP contribution in [0.4, 0.5) is 0 Å². The Morgan fingerprint density at radius 2 is 2.22 bits per heavy atom. The van der Waals surface area contributed by atoms with Crippen LogP contribution in [0.5, 0.6) is 0 Å². The third kappa shape index (κ3) is 2.41. The number of carbonyl (C=O) groups is 1. The second-order valence-electron chi connectivity index (χ2n) is 5.41. The Balaban J connectivity index is 1.61. The van der Waals surface area contributed by atoms with Crippen molar-refractivity contribution in [1.82, 2.24) is 10.6 Å². The van der Waals surface area contributed by atoms with Gasteiger partial charge in [-0.25, -0.2) is 0 Å². The number of aryl methyl sites for hydroxylation is 2. The Hall–Kier alpha value is -1.35. The maximum absolute atomic E-state index is 12.1. The van der Waals surface area contributed by atoms with Crippen LogP contribution in [0.2, 0.25) is 0 Å². The molecular weight excluding hydrogens is 224 g/mol. The second-order valence-corrected chi connectivity index (χ2v) is 5.41. The molecule has 1 unspecified atom stereocenters. The molecule has 1 heterocycles. The lowest BCUT2D eigenvalue weighted by atomic mass is 10.1. The van der Waals surface area contributed by atoms with Crippen molar-refractivity contribution < 1.29 is 4.79 Å². The van der Waals surface area contributed by atoms with E-state index in [4.69, 9.17) is 0 Å². The molecule has 3 rings (SSSR count). The van der Waals surface area contributed by atoms with E-state index in [-0.39, 0.29) is 5.91 Å². The van der Waals surface area contributed by atoms with Gasteiger partial charge in [0.15, 0.2) is 0 Å². The molecule has 0 spiro atoms. The molecule has 1 amide bonds. The van der Waals surface area contributed by atoms with Crippen LogP contribution in [-0.4, -0.2) is 25.5 Å². The smallest absolute Gasteiger partial charge is 0.251 e. The third-order valence-corrected chi connectivity index (χ3v) is 4.07. The van der Waals surface area contributed by atoms with Crippen LogP contribution < -0.4 is 10.6 Å². The highest BCUT2D eigenvalue weighted by Gasteiger charge is 2.17. The zero-order valence-corrected chi connectivity index (χ0v) is 10.7. The van der Waals surface area contributed by atoms with Crippen LogP contribution >= 0.6 is 0 Å². The number of amides is 1. The minimum Gasteiger partial charge on any atom is -0.352 e. The molecule has 0 saturated carbocycles. The first kappa shape index (κ1) is 11.7. The van der Waals surface area contributed by atoms with E-state index < -0.39 is 0 Å². The third-order valence-electron chi connectivity index (χ3n) is 4.07. The molecular formula is C15H20N2O. The Morgan fingerprint density at radius 3 is 3.06 bits per heavy atom. The Kier molecular flexibility index (Phi) is 3.33. The average molecular weight is 244 g/mol. The summed E-state index contributed by atoms with van der Waals surface area (Å²) in [6, 6.07) is 6.16. The number of carbonyl (C=O) groups excluding carboxylic acids is 1. The molecule has 1 fully saturated rings. The van der Waals surface area contributed by atoms with Crippen molar-refractivity contribution in [1.29, 1.82) is 0 Å². The predicted octanol–water partition coefficient (Wildman–Crippen LogP) is 1.51. The summed E-state index contributed by atoms with van der Waals surface area (Å²) in [7, 11) is 0. The monoisotopic (exact) mass is 244 g/mol. The van der Waals surface area contributed by atoms with Crippen molar-refractivity contribution in [3.63, 3.8) is 0 Å². The van der Waals surface area contributed by atoms with Crippen LogP contribution in [0.3, 0.4) is 0 Å². The van der Waals surface area contributed by atoms with Crippen molar-refractivity contribution >= 4 is 5.91 Å². The first-order valence-electron chi connectivity index (χ1n) is 6.93. The molecule has 2 aliphatic rings. The van der Waals surface area contributed by atoms with Gasteiger partial charge in [-0.15, -0.1) is 0 Å². The maximum Gasteiger partial charge on any atom is 0.251 e. The van der Waals surface area contributed by atoms with E-state index in [1.165, 1.54) is 30.4 Å². The fourth-order valence-electron chi connectivity index (χ4n) is 2.94. The Labute approximate surface area is 108 Å². The number of hydrogen-bond acceptors (Lipinski definition) is 2.